The molecule has 0 spiro atoms. The van der Waals surface area contributed by atoms with Gasteiger partial charge in [-0.1, -0.05) is 58.4 Å². The Morgan fingerprint density at radius 3 is 2.23 bits per heavy atom. The van der Waals surface area contributed by atoms with Crippen LogP contribution < -0.4 is 15.0 Å². The zero-order valence-corrected chi connectivity index (χ0v) is 17.8. The molecule has 4 amide bonds. The summed E-state index contributed by atoms with van der Waals surface area (Å²) >= 11 is 3.34. The second-order valence-electron chi connectivity index (χ2n) is 6.78. The fourth-order valence-corrected chi connectivity index (χ4v) is 3.31. The number of urea groups is 1. The average molecular weight is 477 g/mol. The van der Waals surface area contributed by atoms with Crippen LogP contribution in [0.4, 0.5) is 10.5 Å². The molecule has 1 aliphatic rings. The maximum atomic E-state index is 12.9. The molecule has 31 heavy (non-hydrogen) atoms. The van der Waals surface area contributed by atoms with Gasteiger partial charge in [-0.3, -0.25) is 14.9 Å². The highest BCUT2D eigenvalue weighted by Gasteiger charge is 2.36. The molecule has 1 heterocycles. The van der Waals surface area contributed by atoms with Crippen molar-refractivity contribution in [1.82, 2.24) is 5.32 Å². The number of hydrogen-bond acceptors (Lipinski definition) is 4. The molecule has 1 N–H and O–H groups in total. The van der Waals surface area contributed by atoms with E-state index in [1.165, 1.54) is 6.08 Å². The molecule has 3 aromatic carbocycles. The van der Waals surface area contributed by atoms with Gasteiger partial charge in [-0.15, -0.1) is 0 Å². The summed E-state index contributed by atoms with van der Waals surface area (Å²) in [4.78, 5) is 38.5. The van der Waals surface area contributed by atoms with Gasteiger partial charge < -0.3 is 4.74 Å². The molecule has 154 valence electrons. The van der Waals surface area contributed by atoms with E-state index < -0.39 is 17.8 Å². The molecule has 7 heteroatoms. The molecule has 1 fully saturated rings. The Hall–Kier alpha value is -3.71. The van der Waals surface area contributed by atoms with Crippen LogP contribution in [0.5, 0.6) is 5.75 Å². The highest BCUT2D eigenvalue weighted by Crippen LogP contribution is 2.25. The summed E-state index contributed by atoms with van der Waals surface area (Å²) in [5.41, 5.74) is 1.91. The third-order valence-electron chi connectivity index (χ3n) is 4.63. The zero-order chi connectivity index (χ0) is 21.8. The van der Waals surface area contributed by atoms with Gasteiger partial charge in [-0.25, -0.2) is 9.69 Å². The normalized spacial score (nSPS) is 15.2. The monoisotopic (exact) mass is 476 g/mol. The minimum atomic E-state index is -0.791. The van der Waals surface area contributed by atoms with Crippen molar-refractivity contribution in [2.45, 2.75) is 6.61 Å². The molecular weight excluding hydrogens is 460 g/mol. The van der Waals surface area contributed by atoms with Crippen molar-refractivity contribution in [3.63, 3.8) is 0 Å². The number of carbonyl (C=O) groups is 3. The lowest BCUT2D eigenvalue weighted by atomic mass is 10.1. The van der Waals surface area contributed by atoms with E-state index in [9.17, 15) is 14.4 Å². The summed E-state index contributed by atoms with van der Waals surface area (Å²) in [5, 5.41) is 2.22. The van der Waals surface area contributed by atoms with E-state index in [1.807, 2.05) is 30.3 Å². The lowest BCUT2D eigenvalue weighted by molar-refractivity contribution is -0.122. The van der Waals surface area contributed by atoms with Crippen LogP contribution in [0, 0.1) is 0 Å². The van der Waals surface area contributed by atoms with Gasteiger partial charge in [0, 0.05) is 4.47 Å². The molecule has 4 rings (SSSR count). The van der Waals surface area contributed by atoms with Crippen LogP contribution >= 0.6 is 15.9 Å². The molecule has 0 aromatic heterocycles. The van der Waals surface area contributed by atoms with Gasteiger partial charge in [0.05, 0.1) is 5.69 Å². The van der Waals surface area contributed by atoms with E-state index in [0.717, 1.165) is 14.9 Å². The van der Waals surface area contributed by atoms with Crippen molar-refractivity contribution in [3.05, 3.63) is 100 Å². The van der Waals surface area contributed by atoms with E-state index in [0.29, 0.717) is 23.6 Å². The van der Waals surface area contributed by atoms with Gasteiger partial charge in [0.1, 0.15) is 17.9 Å². The van der Waals surface area contributed by atoms with E-state index >= 15 is 0 Å². The number of anilines is 1. The fraction of sp³-hybridized carbons (Fsp3) is 0.0417. The number of barbiturate groups is 1. The van der Waals surface area contributed by atoms with Gasteiger partial charge >= 0.3 is 6.03 Å². The fourth-order valence-electron chi connectivity index (χ4n) is 3.05. The first-order valence-electron chi connectivity index (χ1n) is 9.45. The molecule has 6 nitrogen and oxygen atoms in total. The Kier molecular flexibility index (Phi) is 5.95. The van der Waals surface area contributed by atoms with Crippen molar-refractivity contribution in [2.75, 3.05) is 4.90 Å². The Morgan fingerprint density at radius 1 is 0.871 bits per heavy atom. The lowest BCUT2D eigenvalue weighted by Crippen LogP contribution is -2.54. The first-order valence-corrected chi connectivity index (χ1v) is 10.2. The minimum absolute atomic E-state index is 0.119. The van der Waals surface area contributed by atoms with Crippen molar-refractivity contribution in [2.24, 2.45) is 0 Å². The van der Waals surface area contributed by atoms with Gasteiger partial charge in [0.25, 0.3) is 11.8 Å². The van der Waals surface area contributed by atoms with Crippen LogP contribution in [-0.4, -0.2) is 17.8 Å². The van der Waals surface area contributed by atoms with E-state index in [2.05, 4.69) is 21.2 Å². The van der Waals surface area contributed by atoms with Crippen LogP contribution in [0.15, 0.2) is 88.9 Å². The zero-order valence-electron chi connectivity index (χ0n) is 16.2. The Labute approximate surface area is 187 Å². The molecule has 0 bridgehead atoms. The summed E-state index contributed by atoms with van der Waals surface area (Å²) in [7, 11) is 0. The third kappa shape index (κ3) is 4.73. The highest BCUT2D eigenvalue weighted by molar-refractivity contribution is 9.10. The number of nitrogens with one attached hydrogen (secondary N) is 1. The van der Waals surface area contributed by atoms with Crippen molar-refractivity contribution >= 4 is 45.5 Å². The second-order valence-corrected chi connectivity index (χ2v) is 7.69. The van der Waals surface area contributed by atoms with Crippen LogP contribution in [0.3, 0.4) is 0 Å². The van der Waals surface area contributed by atoms with E-state index in [-0.39, 0.29) is 5.57 Å². The number of halogens is 1. The largest absolute Gasteiger partial charge is 0.489 e. The second kappa shape index (κ2) is 8.97. The molecule has 1 aliphatic heterocycles. The topological polar surface area (TPSA) is 75.7 Å². The molecule has 0 saturated carbocycles. The maximum absolute atomic E-state index is 12.9. The predicted molar refractivity (Wildman–Crippen MR) is 120 cm³/mol. The molecule has 0 radical (unpaired) electrons. The predicted octanol–water partition coefficient (Wildman–Crippen LogP) is 4.69. The standard InChI is InChI=1S/C24H17BrN2O4/c25-18-8-6-16(7-9-18)14-21-22(28)26-24(30)27(23(21)29)19-10-12-20(13-11-19)31-15-17-4-2-1-3-5-17/h1-14H,15H2,(H,26,28,30)/b21-14+. The van der Waals surface area contributed by atoms with Crippen LogP contribution in [0.2, 0.25) is 0 Å². The van der Waals surface area contributed by atoms with Crippen molar-refractivity contribution < 1.29 is 19.1 Å². The SMILES string of the molecule is O=C1NC(=O)N(c2ccc(OCc3ccccc3)cc2)C(=O)/C1=C/c1ccc(Br)cc1. The smallest absolute Gasteiger partial charge is 0.335 e. The summed E-state index contributed by atoms with van der Waals surface area (Å²) in [5.74, 6) is -0.814. The molecule has 3 aromatic rings. The quantitative estimate of drug-likeness (QED) is 0.427. The lowest BCUT2D eigenvalue weighted by Gasteiger charge is -2.26. The van der Waals surface area contributed by atoms with Crippen LogP contribution in [-0.2, 0) is 16.2 Å². The number of carbonyl (C=O) groups excluding carboxylic acids is 3. The van der Waals surface area contributed by atoms with Crippen molar-refractivity contribution in [3.8, 4) is 5.75 Å². The number of imide groups is 2. The molecule has 0 aliphatic carbocycles. The average Bonchev–Trinajstić information content (AvgIpc) is 2.78. The Bertz CT molecular complexity index is 1160. The van der Waals surface area contributed by atoms with Gasteiger partial charge in [0.2, 0.25) is 0 Å². The Morgan fingerprint density at radius 2 is 1.55 bits per heavy atom. The number of amides is 4. The van der Waals surface area contributed by atoms with Gasteiger partial charge in [-0.2, -0.15) is 0 Å². The molecular formula is C24H17BrN2O4. The number of rotatable bonds is 5. The van der Waals surface area contributed by atoms with E-state index in [4.69, 9.17) is 4.74 Å². The summed E-state index contributed by atoms with van der Waals surface area (Å²) in [6, 6.07) is 22.6. The molecule has 0 atom stereocenters. The van der Waals surface area contributed by atoms with Crippen LogP contribution in [0.25, 0.3) is 6.08 Å². The number of benzene rings is 3. The molecule has 0 unspecified atom stereocenters. The highest BCUT2D eigenvalue weighted by atomic mass is 79.9. The van der Waals surface area contributed by atoms with Crippen LogP contribution in [0.1, 0.15) is 11.1 Å². The number of ether oxygens (including phenoxy) is 1. The summed E-state index contributed by atoms with van der Waals surface area (Å²) in [6.45, 7) is 0.401. The van der Waals surface area contributed by atoms with Gasteiger partial charge in [0.15, 0.2) is 0 Å². The van der Waals surface area contributed by atoms with Gasteiger partial charge in [-0.05, 0) is 53.6 Å². The summed E-state index contributed by atoms with van der Waals surface area (Å²) in [6.07, 6.45) is 1.46. The third-order valence-corrected chi connectivity index (χ3v) is 5.15. The van der Waals surface area contributed by atoms with Crippen molar-refractivity contribution in [1.29, 1.82) is 0 Å². The molecule has 1 saturated heterocycles. The number of hydrogen-bond donors (Lipinski definition) is 1. The van der Waals surface area contributed by atoms with E-state index in [1.54, 1.807) is 48.5 Å². The maximum Gasteiger partial charge on any atom is 0.335 e. The summed E-state index contributed by atoms with van der Waals surface area (Å²) < 4.78 is 6.62. The first kappa shape index (κ1) is 20.6. The number of nitrogens with zero attached hydrogens (tertiary/aromatic N) is 1. The minimum Gasteiger partial charge on any atom is -0.489 e. The first-order chi connectivity index (χ1) is 15.0. The Balaban J connectivity index is 1.53.